The zero-order valence-electron chi connectivity index (χ0n) is 10.8. The lowest BCUT2D eigenvalue weighted by Crippen LogP contribution is -2.13. The number of rotatable bonds is 4. The van der Waals surface area contributed by atoms with Gasteiger partial charge in [-0.15, -0.1) is 0 Å². The van der Waals surface area contributed by atoms with Crippen LogP contribution >= 0.6 is 12.2 Å². The fourth-order valence-electron chi connectivity index (χ4n) is 1.76. The van der Waals surface area contributed by atoms with Crippen LogP contribution in [-0.4, -0.2) is 9.97 Å². The highest BCUT2D eigenvalue weighted by Gasteiger charge is 2.29. The second-order valence-corrected chi connectivity index (χ2v) is 4.77. The summed E-state index contributed by atoms with van der Waals surface area (Å²) in [5.41, 5.74) is 6.92. The molecule has 0 aliphatic carbocycles. The summed E-state index contributed by atoms with van der Waals surface area (Å²) >= 11 is 4.92. The molecule has 0 atom stereocenters. The average molecular weight is 311 g/mol. The third-order valence-electron chi connectivity index (χ3n) is 2.85. The van der Waals surface area contributed by atoms with E-state index >= 15 is 0 Å². The topological polar surface area (TPSA) is 50.9 Å². The van der Waals surface area contributed by atoms with E-state index in [4.69, 9.17) is 18.0 Å². The summed E-state index contributed by atoms with van der Waals surface area (Å²) in [6.07, 6.45) is -1.19. The van der Waals surface area contributed by atoms with E-state index in [2.05, 4.69) is 10.3 Å². The first-order valence-corrected chi connectivity index (χ1v) is 6.42. The van der Waals surface area contributed by atoms with Gasteiger partial charge in [0.25, 0.3) is 0 Å². The Kier molecular flexibility index (Phi) is 4.42. The number of anilines is 1. The molecule has 0 radical (unpaired) electrons. The fraction of sp³-hybridized carbons (Fsp3) is 0.143. The van der Waals surface area contributed by atoms with E-state index < -0.39 is 11.7 Å². The first-order chi connectivity index (χ1) is 9.88. The third kappa shape index (κ3) is 3.91. The van der Waals surface area contributed by atoms with Crippen molar-refractivity contribution < 1.29 is 13.2 Å². The lowest BCUT2D eigenvalue weighted by molar-refractivity contribution is -0.137. The number of alkyl halides is 3. The van der Waals surface area contributed by atoms with Gasteiger partial charge in [0.15, 0.2) is 0 Å². The minimum atomic E-state index is -4.33. The van der Waals surface area contributed by atoms with Gasteiger partial charge in [0.1, 0.15) is 4.99 Å². The van der Waals surface area contributed by atoms with Crippen molar-refractivity contribution >= 4 is 22.9 Å². The molecule has 1 aromatic carbocycles. The van der Waals surface area contributed by atoms with Gasteiger partial charge in [0, 0.05) is 18.3 Å². The monoisotopic (exact) mass is 311 g/mol. The summed E-state index contributed by atoms with van der Waals surface area (Å²) in [6.45, 7) is 0.347. The van der Waals surface area contributed by atoms with Gasteiger partial charge in [0.05, 0.1) is 17.4 Å². The number of benzene rings is 1. The maximum atomic E-state index is 12.5. The van der Waals surface area contributed by atoms with Crippen molar-refractivity contribution in [2.75, 3.05) is 5.32 Å². The van der Waals surface area contributed by atoms with Crippen molar-refractivity contribution in [3.63, 3.8) is 0 Å². The van der Waals surface area contributed by atoms with Gasteiger partial charge in [0.2, 0.25) is 0 Å². The Hall–Kier alpha value is -2.15. The number of nitrogens with one attached hydrogen (secondary N) is 1. The summed E-state index contributed by atoms with van der Waals surface area (Å²) in [6, 6.07) is 6.63. The lowest BCUT2D eigenvalue weighted by Gasteiger charge is -2.11. The molecule has 2 aromatic rings. The van der Waals surface area contributed by atoms with Gasteiger partial charge in [-0.3, -0.25) is 4.98 Å². The van der Waals surface area contributed by atoms with Crippen LogP contribution in [0, 0.1) is 0 Å². The number of nitrogens with zero attached hydrogens (tertiary/aromatic N) is 1. The first-order valence-electron chi connectivity index (χ1n) is 6.02. The van der Waals surface area contributed by atoms with Crippen molar-refractivity contribution in [2.24, 2.45) is 5.73 Å². The van der Waals surface area contributed by atoms with Crippen LogP contribution in [0.5, 0.6) is 0 Å². The molecular weight excluding hydrogens is 299 g/mol. The van der Waals surface area contributed by atoms with Crippen molar-refractivity contribution in [1.29, 1.82) is 0 Å². The fourth-order valence-corrected chi connectivity index (χ4v) is 1.94. The van der Waals surface area contributed by atoms with Crippen LogP contribution in [0.1, 0.15) is 16.7 Å². The van der Waals surface area contributed by atoms with E-state index in [1.807, 2.05) is 0 Å². The van der Waals surface area contributed by atoms with Crippen LogP contribution in [0.4, 0.5) is 18.9 Å². The van der Waals surface area contributed by atoms with Crippen molar-refractivity contribution in [3.8, 4) is 0 Å². The summed E-state index contributed by atoms with van der Waals surface area (Å²) in [7, 11) is 0. The van der Waals surface area contributed by atoms with E-state index in [0.717, 1.165) is 12.1 Å². The van der Waals surface area contributed by atoms with Gasteiger partial charge in [-0.05, 0) is 23.8 Å². The Morgan fingerprint density at radius 2 is 1.86 bits per heavy atom. The minimum absolute atomic E-state index is 0.229. The normalized spacial score (nSPS) is 11.2. The van der Waals surface area contributed by atoms with Crippen LogP contribution < -0.4 is 11.1 Å². The summed E-state index contributed by atoms with van der Waals surface area (Å²) in [5.74, 6) is 0. The molecule has 0 aliphatic heterocycles. The van der Waals surface area contributed by atoms with Crippen LogP contribution in [0.25, 0.3) is 0 Å². The van der Waals surface area contributed by atoms with E-state index in [0.29, 0.717) is 23.4 Å². The summed E-state index contributed by atoms with van der Waals surface area (Å²) in [4.78, 5) is 4.19. The lowest BCUT2D eigenvalue weighted by atomic mass is 10.1. The summed E-state index contributed by atoms with van der Waals surface area (Å²) < 4.78 is 37.4. The standard InChI is InChI=1S/C14H12F3N3S/c15-14(16,17)10-3-1-9(2-4-10)7-20-12-8-19-6-5-11(12)13(18)21/h1-6,8,20H,7H2,(H2,18,21). The van der Waals surface area contributed by atoms with Crippen molar-refractivity contribution in [2.45, 2.75) is 12.7 Å². The SMILES string of the molecule is NC(=S)c1ccncc1NCc1ccc(C(F)(F)F)cc1. The molecule has 0 amide bonds. The van der Waals surface area contributed by atoms with Gasteiger partial charge >= 0.3 is 6.18 Å². The number of thiocarbonyl (C=S) groups is 1. The molecule has 0 unspecified atom stereocenters. The van der Waals surface area contributed by atoms with Crippen molar-refractivity contribution in [3.05, 3.63) is 59.4 Å². The van der Waals surface area contributed by atoms with Gasteiger partial charge in [-0.2, -0.15) is 13.2 Å². The largest absolute Gasteiger partial charge is 0.416 e. The number of halogens is 3. The Bertz CT molecular complexity index is 639. The van der Waals surface area contributed by atoms with Crippen LogP contribution in [0.3, 0.4) is 0 Å². The molecule has 2 rings (SSSR count). The molecule has 0 spiro atoms. The molecule has 7 heteroatoms. The Morgan fingerprint density at radius 1 is 1.19 bits per heavy atom. The highest BCUT2D eigenvalue weighted by molar-refractivity contribution is 7.80. The molecule has 0 saturated carbocycles. The van der Waals surface area contributed by atoms with E-state index in [9.17, 15) is 13.2 Å². The Labute approximate surface area is 125 Å². The van der Waals surface area contributed by atoms with Gasteiger partial charge in [-0.1, -0.05) is 24.4 Å². The third-order valence-corrected chi connectivity index (χ3v) is 3.07. The average Bonchev–Trinajstić information content (AvgIpc) is 2.45. The maximum absolute atomic E-state index is 12.5. The van der Waals surface area contributed by atoms with Crippen LogP contribution in [0.15, 0.2) is 42.7 Å². The zero-order chi connectivity index (χ0) is 15.5. The van der Waals surface area contributed by atoms with Crippen LogP contribution in [-0.2, 0) is 12.7 Å². The van der Waals surface area contributed by atoms with Crippen molar-refractivity contribution in [1.82, 2.24) is 4.98 Å². The van der Waals surface area contributed by atoms with Gasteiger partial charge in [-0.25, -0.2) is 0 Å². The Morgan fingerprint density at radius 3 is 2.43 bits per heavy atom. The maximum Gasteiger partial charge on any atom is 0.416 e. The Balaban J connectivity index is 2.09. The molecule has 0 bridgehead atoms. The highest BCUT2D eigenvalue weighted by Crippen LogP contribution is 2.29. The van der Waals surface area contributed by atoms with E-state index in [1.165, 1.54) is 12.1 Å². The molecule has 21 heavy (non-hydrogen) atoms. The van der Waals surface area contributed by atoms with E-state index in [1.54, 1.807) is 18.5 Å². The highest BCUT2D eigenvalue weighted by atomic mass is 32.1. The van der Waals surface area contributed by atoms with Gasteiger partial charge < -0.3 is 11.1 Å². The smallest absolute Gasteiger partial charge is 0.389 e. The number of nitrogens with two attached hydrogens (primary N) is 1. The first kappa shape index (κ1) is 15.2. The zero-order valence-corrected chi connectivity index (χ0v) is 11.6. The molecule has 1 aromatic heterocycles. The van der Waals surface area contributed by atoms with Crippen LogP contribution in [0.2, 0.25) is 0 Å². The summed E-state index contributed by atoms with van der Waals surface area (Å²) in [5, 5.41) is 3.06. The molecular formula is C14H12F3N3S. The number of aromatic nitrogens is 1. The number of pyridine rings is 1. The molecule has 3 nitrogen and oxygen atoms in total. The molecule has 1 heterocycles. The molecule has 0 saturated heterocycles. The molecule has 0 fully saturated rings. The van der Waals surface area contributed by atoms with E-state index in [-0.39, 0.29) is 4.99 Å². The second kappa shape index (κ2) is 6.09. The molecule has 0 aliphatic rings. The quantitative estimate of drug-likeness (QED) is 0.850. The second-order valence-electron chi connectivity index (χ2n) is 4.33. The molecule has 3 N–H and O–H groups in total. The predicted octanol–water partition coefficient (Wildman–Crippen LogP) is 3.35. The minimum Gasteiger partial charge on any atom is -0.389 e. The molecule has 110 valence electrons. The number of hydrogen-bond donors (Lipinski definition) is 2. The predicted molar refractivity (Wildman–Crippen MR) is 78.9 cm³/mol. The number of hydrogen-bond acceptors (Lipinski definition) is 3.